The van der Waals surface area contributed by atoms with Gasteiger partial charge in [-0.3, -0.25) is 0 Å². The molecule has 0 aromatic carbocycles. The van der Waals surface area contributed by atoms with E-state index in [1.807, 2.05) is 0 Å². The van der Waals surface area contributed by atoms with Crippen LogP contribution < -0.4 is 10.6 Å². The van der Waals surface area contributed by atoms with Crippen LogP contribution in [0.4, 0.5) is 4.79 Å². The van der Waals surface area contributed by atoms with Gasteiger partial charge in [-0.25, -0.2) is 9.59 Å². The van der Waals surface area contributed by atoms with Crippen LogP contribution in [0.5, 0.6) is 0 Å². The van der Waals surface area contributed by atoms with Gasteiger partial charge in [0.05, 0.1) is 6.54 Å². The van der Waals surface area contributed by atoms with E-state index < -0.39 is 18.1 Å². The SMILES string of the molecule is CCC1(CNC(=O)NCC(O)C(=O)O)CCC1. The first-order valence-electron chi connectivity index (χ1n) is 5.92. The highest BCUT2D eigenvalue weighted by molar-refractivity contribution is 5.76. The van der Waals surface area contributed by atoms with Crippen molar-refractivity contribution in [2.75, 3.05) is 13.1 Å². The Morgan fingerprint density at radius 2 is 2.00 bits per heavy atom. The van der Waals surface area contributed by atoms with Crippen LogP contribution in [0.1, 0.15) is 32.6 Å². The predicted molar refractivity (Wildman–Crippen MR) is 61.6 cm³/mol. The van der Waals surface area contributed by atoms with Gasteiger partial charge in [0.1, 0.15) is 0 Å². The second-order valence-corrected chi connectivity index (χ2v) is 4.62. The highest BCUT2D eigenvalue weighted by Crippen LogP contribution is 2.42. The van der Waals surface area contributed by atoms with Gasteiger partial charge in [-0.05, 0) is 24.7 Å². The number of carboxylic acid groups (broad SMARTS) is 1. The zero-order chi connectivity index (χ0) is 12.9. The molecule has 6 heteroatoms. The fourth-order valence-corrected chi connectivity index (χ4v) is 1.94. The molecule has 17 heavy (non-hydrogen) atoms. The number of carboxylic acids is 1. The number of carbonyl (C=O) groups is 2. The minimum Gasteiger partial charge on any atom is -0.479 e. The summed E-state index contributed by atoms with van der Waals surface area (Å²) < 4.78 is 0. The molecule has 0 spiro atoms. The van der Waals surface area contributed by atoms with Crippen LogP contribution in [-0.4, -0.2) is 41.4 Å². The highest BCUT2D eigenvalue weighted by atomic mass is 16.4. The van der Waals surface area contributed by atoms with E-state index in [4.69, 9.17) is 10.2 Å². The zero-order valence-corrected chi connectivity index (χ0v) is 10.0. The molecule has 1 aliphatic rings. The number of aliphatic hydroxyl groups is 1. The number of nitrogens with one attached hydrogen (secondary N) is 2. The number of aliphatic hydroxyl groups excluding tert-OH is 1. The molecule has 1 fully saturated rings. The Morgan fingerprint density at radius 3 is 2.41 bits per heavy atom. The van der Waals surface area contributed by atoms with Crippen LogP contribution in [0.2, 0.25) is 0 Å². The summed E-state index contributed by atoms with van der Waals surface area (Å²) in [6.07, 6.45) is 2.94. The highest BCUT2D eigenvalue weighted by Gasteiger charge is 2.35. The monoisotopic (exact) mass is 244 g/mol. The normalized spacial score (nSPS) is 18.9. The van der Waals surface area contributed by atoms with Crippen LogP contribution in [0, 0.1) is 5.41 Å². The minimum absolute atomic E-state index is 0.225. The molecule has 0 heterocycles. The third-order valence-electron chi connectivity index (χ3n) is 3.53. The first-order valence-corrected chi connectivity index (χ1v) is 5.92. The Hall–Kier alpha value is -1.30. The Morgan fingerprint density at radius 1 is 1.35 bits per heavy atom. The van der Waals surface area contributed by atoms with Gasteiger partial charge in [-0.1, -0.05) is 13.3 Å². The number of hydrogen-bond donors (Lipinski definition) is 4. The van der Waals surface area contributed by atoms with E-state index in [-0.39, 0.29) is 12.0 Å². The predicted octanol–water partition coefficient (Wildman–Crippen LogP) is 0.311. The zero-order valence-electron chi connectivity index (χ0n) is 10.0. The second kappa shape index (κ2) is 5.86. The van der Waals surface area contributed by atoms with Gasteiger partial charge in [0, 0.05) is 6.54 Å². The molecule has 0 aromatic rings. The largest absolute Gasteiger partial charge is 0.479 e. The van der Waals surface area contributed by atoms with Crippen molar-refractivity contribution in [1.29, 1.82) is 0 Å². The van der Waals surface area contributed by atoms with Crippen LogP contribution >= 0.6 is 0 Å². The third-order valence-corrected chi connectivity index (χ3v) is 3.53. The number of amides is 2. The lowest BCUT2D eigenvalue weighted by molar-refractivity contribution is -0.146. The van der Waals surface area contributed by atoms with Gasteiger partial charge in [-0.2, -0.15) is 0 Å². The van der Waals surface area contributed by atoms with Crippen molar-refractivity contribution >= 4 is 12.0 Å². The standard InChI is InChI=1S/C11H20N2O4/c1-2-11(4-3-5-11)7-13-10(17)12-6-8(14)9(15)16/h8,14H,2-7H2,1H3,(H,15,16)(H2,12,13,17). The summed E-state index contributed by atoms with van der Waals surface area (Å²) in [6, 6.07) is -0.426. The van der Waals surface area contributed by atoms with Gasteiger partial charge in [0.2, 0.25) is 0 Å². The number of rotatable bonds is 6. The van der Waals surface area contributed by atoms with Crippen LogP contribution in [0.15, 0.2) is 0 Å². The van der Waals surface area contributed by atoms with Crippen molar-refractivity contribution in [1.82, 2.24) is 10.6 Å². The van der Waals surface area contributed by atoms with Gasteiger partial charge in [0.25, 0.3) is 0 Å². The van der Waals surface area contributed by atoms with Gasteiger partial charge < -0.3 is 20.8 Å². The van der Waals surface area contributed by atoms with Crippen molar-refractivity contribution in [3.63, 3.8) is 0 Å². The molecule has 1 rings (SSSR count). The molecular weight excluding hydrogens is 224 g/mol. The first kappa shape index (κ1) is 13.8. The molecule has 0 radical (unpaired) electrons. The maximum Gasteiger partial charge on any atom is 0.334 e. The lowest BCUT2D eigenvalue weighted by Gasteiger charge is -2.41. The quantitative estimate of drug-likeness (QED) is 0.540. The molecule has 0 aliphatic heterocycles. The first-order chi connectivity index (χ1) is 7.99. The number of carbonyl (C=O) groups excluding carboxylic acids is 1. The maximum absolute atomic E-state index is 11.3. The van der Waals surface area contributed by atoms with E-state index in [9.17, 15) is 9.59 Å². The van der Waals surface area contributed by atoms with Crippen molar-refractivity contribution in [2.24, 2.45) is 5.41 Å². The lowest BCUT2D eigenvalue weighted by atomic mass is 9.67. The van der Waals surface area contributed by atoms with Crippen LogP contribution in [0.25, 0.3) is 0 Å². The molecule has 6 nitrogen and oxygen atoms in total. The van der Waals surface area contributed by atoms with E-state index in [1.165, 1.54) is 6.42 Å². The summed E-state index contributed by atoms with van der Waals surface area (Å²) >= 11 is 0. The molecule has 1 aliphatic carbocycles. The Labute approximate surface area is 100 Å². The molecule has 4 N–H and O–H groups in total. The van der Waals surface area contributed by atoms with E-state index in [0.29, 0.717) is 6.54 Å². The van der Waals surface area contributed by atoms with E-state index in [2.05, 4.69) is 17.6 Å². The molecular formula is C11H20N2O4. The van der Waals surface area contributed by atoms with E-state index in [0.717, 1.165) is 19.3 Å². The molecule has 98 valence electrons. The maximum atomic E-state index is 11.3. The second-order valence-electron chi connectivity index (χ2n) is 4.62. The third kappa shape index (κ3) is 3.89. The van der Waals surface area contributed by atoms with E-state index >= 15 is 0 Å². The van der Waals surface area contributed by atoms with Crippen molar-refractivity contribution in [3.8, 4) is 0 Å². The molecule has 1 unspecified atom stereocenters. The van der Waals surface area contributed by atoms with Gasteiger partial charge in [-0.15, -0.1) is 0 Å². The molecule has 2 amide bonds. The number of aliphatic carboxylic acids is 1. The fraction of sp³-hybridized carbons (Fsp3) is 0.818. The molecule has 0 bridgehead atoms. The van der Waals surface area contributed by atoms with Crippen molar-refractivity contribution in [2.45, 2.75) is 38.7 Å². The Bertz CT molecular complexity index is 284. The lowest BCUT2D eigenvalue weighted by Crippen LogP contribution is -2.47. The van der Waals surface area contributed by atoms with Gasteiger partial charge >= 0.3 is 12.0 Å². The average Bonchev–Trinajstić information content (AvgIpc) is 2.24. The summed E-state index contributed by atoms with van der Waals surface area (Å²) in [5.74, 6) is -1.34. The Kier molecular flexibility index (Phi) is 4.74. The summed E-state index contributed by atoms with van der Waals surface area (Å²) in [4.78, 5) is 21.7. The summed E-state index contributed by atoms with van der Waals surface area (Å²) in [5, 5.41) is 22.4. The summed E-state index contributed by atoms with van der Waals surface area (Å²) in [5.41, 5.74) is 0.225. The number of urea groups is 1. The van der Waals surface area contributed by atoms with Crippen molar-refractivity contribution in [3.05, 3.63) is 0 Å². The van der Waals surface area contributed by atoms with Crippen molar-refractivity contribution < 1.29 is 19.8 Å². The van der Waals surface area contributed by atoms with E-state index in [1.54, 1.807) is 0 Å². The topological polar surface area (TPSA) is 98.7 Å². The number of hydrogen-bond acceptors (Lipinski definition) is 3. The van der Waals surface area contributed by atoms with Crippen LogP contribution in [-0.2, 0) is 4.79 Å². The molecule has 0 saturated heterocycles. The van der Waals surface area contributed by atoms with Gasteiger partial charge in [0.15, 0.2) is 6.10 Å². The van der Waals surface area contributed by atoms with Crippen LogP contribution in [0.3, 0.4) is 0 Å². The summed E-state index contributed by atoms with van der Waals surface area (Å²) in [6.45, 7) is 2.44. The average molecular weight is 244 g/mol. The molecule has 0 aromatic heterocycles. The molecule has 1 atom stereocenters. The smallest absolute Gasteiger partial charge is 0.334 e. The fourth-order valence-electron chi connectivity index (χ4n) is 1.94. The summed E-state index contributed by atoms with van der Waals surface area (Å²) in [7, 11) is 0. The Balaban J connectivity index is 2.19. The minimum atomic E-state index is -1.55. The molecule has 1 saturated carbocycles.